The van der Waals surface area contributed by atoms with E-state index >= 15 is 0 Å². The van der Waals surface area contributed by atoms with Crippen LogP contribution in [0.4, 0.5) is 0 Å². The van der Waals surface area contributed by atoms with E-state index in [1.165, 1.54) is 6.92 Å². The molecule has 138 valence electrons. The maximum atomic E-state index is 12.0. The Morgan fingerprint density at radius 2 is 1.46 bits per heavy atom. The molecule has 0 aliphatic carbocycles. The molecular weight excluding hydrogens is 344 g/mol. The van der Waals surface area contributed by atoms with Crippen molar-refractivity contribution in [3.63, 3.8) is 0 Å². The molecular formula is C12H22N4O7S. The first-order valence-corrected chi connectivity index (χ1v) is 7.53. The van der Waals surface area contributed by atoms with Crippen molar-refractivity contribution in [2.24, 2.45) is 5.73 Å². The van der Waals surface area contributed by atoms with E-state index in [1.54, 1.807) is 0 Å². The van der Waals surface area contributed by atoms with Crippen LogP contribution in [0.5, 0.6) is 0 Å². The van der Waals surface area contributed by atoms with Crippen LogP contribution in [-0.2, 0) is 19.2 Å². The molecule has 0 aromatic rings. The zero-order chi connectivity index (χ0) is 18.9. The Morgan fingerprint density at radius 1 is 0.958 bits per heavy atom. The number of rotatable bonds is 10. The lowest BCUT2D eigenvalue weighted by Crippen LogP contribution is -2.58. The van der Waals surface area contributed by atoms with Crippen LogP contribution in [0, 0.1) is 0 Å². The van der Waals surface area contributed by atoms with Gasteiger partial charge < -0.3 is 37.0 Å². The minimum absolute atomic E-state index is 0.147. The zero-order valence-electron chi connectivity index (χ0n) is 12.9. The highest BCUT2D eigenvalue weighted by molar-refractivity contribution is 7.80. The molecule has 11 nitrogen and oxygen atoms in total. The summed E-state index contributed by atoms with van der Waals surface area (Å²) in [6, 6.07) is -5.03. The number of carboxylic acids is 1. The highest BCUT2D eigenvalue weighted by Crippen LogP contribution is 1.94. The lowest BCUT2D eigenvalue weighted by atomic mass is 10.2. The average Bonchev–Trinajstić information content (AvgIpc) is 2.55. The molecule has 3 amide bonds. The van der Waals surface area contributed by atoms with Gasteiger partial charge in [-0.15, -0.1) is 0 Å². The molecule has 4 unspecified atom stereocenters. The molecule has 0 bridgehead atoms. The number of carboxylic acid groups (broad SMARTS) is 1. The van der Waals surface area contributed by atoms with E-state index in [4.69, 9.17) is 21.1 Å². The van der Waals surface area contributed by atoms with E-state index in [9.17, 15) is 19.2 Å². The van der Waals surface area contributed by atoms with E-state index in [2.05, 4.69) is 28.6 Å². The maximum absolute atomic E-state index is 12.0. The molecule has 0 saturated carbocycles. The van der Waals surface area contributed by atoms with Crippen molar-refractivity contribution < 1.29 is 34.5 Å². The lowest BCUT2D eigenvalue weighted by Gasteiger charge is -2.22. The molecule has 0 aromatic heterocycles. The number of hydrogen-bond donors (Lipinski definition) is 8. The molecule has 0 saturated heterocycles. The normalized spacial score (nSPS) is 15.5. The number of carbonyl (C=O) groups excluding carboxylic acids is 3. The van der Waals surface area contributed by atoms with Crippen LogP contribution >= 0.6 is 12.6 Å². The van der Waals surface area contributed by atoms with Crippen LogP contribution in [-0.4, -0.2) is 82.1 Å². The molecule has 0 aromatic carbocycles. The summed E-state index contributed by atoms with van der Waals surface area (Å²) >= 11 is 3.89. The van der Waals surface area contributed by atoms with Gasteiger partial charge >= 0.3 is 5.97 Å². The second-order valence-electron chi connectivity index (χ2n) is 4.85. The molecule has 0 aliphatic rings. The highest BCUT2D eigenvalue weighted by atomic mass is 32.1. The molecule has 4 atom stereocenters. The molecule has 0 fully saturated rings. The van der Waals surface area contributed by atoms with E-state index in [0.717, 1.165) is 0 Å². The summed E-state index contributed by atoms with van der Waals surface area (Å²) in [7, 11) is 0. The number of thiol groups is 1. The standard InChI is InChI=1S/C12H22N4O7S/c1-5(12(22)23)14-11(21)8(4-24)16-10(20)7(3-18)15-9(19)6(13)2-17/h5-8,17-18,24H,2-4,13H2,1H3,(H,14,21)(H,15,19)(H,16,20)(H,22,23). The first-order valence-electron chi connectivity index (χ1n) is 6.89. The number of aliphatic hydroxyl groups excluding tert-OH is 2. The Labute approximate surface area is 143 Å². The Bertz CT molecular complexity index is 476. The quantitative estimate of drug-likeness (QED) is 0.178. The van der Waals surface area contributed by atoms with Crippen LogP contribution in [0.25, 0.3) is 0 Å². The first-order chi connectivity index (χ1) is 11.2. The van der Waals surface area contributed by atoms with Crippen molar-refractivity contribution in [1.29, 1.82) is 0 Å². The molecule has 0 spiro atoms. The summed E-state index contributed by atoms with van der Waals surface area (Å²) in [5.74, 6) is -3.95. The number of nitrogens with one attached hydrogen (secondary N) is 3. The molecule has 0 rings (SSSR count). The molecule has 8 N–H and O–H groups in total. The Morgan fingerprint density at radius 3 is 1.88 bits per heavy atom. The number of aliphatic hydroxyl groups is 2. The number of amides is 3. The van der Waals surface area contributed by atoms with E-state index in [1.807, 2.05) is 0 Å². The lowest BCUT2D eigenvalue weighted by molar-refractivity contribution is -0.141. The van der Waals surface area contributed by atoms with Crippen LogP contribution in [0.1, 0.15) is 6.92 Å². The van der Waals surface area contributed by atoms with Crippen LogP contribution in [0.3, 0.4) is 0 Å². The fraction of sp³-hybridized carbons (Fsp3) is 0.667. The molecule has 12 heteroatoms. The van der Waals surface area contributed by atoms with Gasteiger partial charge in [-0.3, -0.25) is 19.2 Å². The van der Waals surface area contributed by atoms with Crippen LogP contribution in [0.2, 0.25) is 0 Å². The summed E-state index contributed by atoms with van der Waals surface area (Å²) in [6.45, 7) is -0.187. The van der Waals surface area contributed by atoms with Crippen molar-refractivity contribution in [2.45, 2.75) is 31.1 Å². The second-order valence-corrected chi connectivity index (χ2v) is 5.21. The van der Waals surface area contributed by atoms with Crippen molar-refractivity contribution >= 4 is 36.3 Å². The van der Waals surface area contributed by atoms with Crippen molar-refractivity contribution in [1.82, 2.24) is 16.0 Å². The number of aliphatic carboxylic acids is 1. The summed E-state index contributed by atoms with van der Waals surface area (Å²) in [6.07, 6.45) is 0. The fourth-order valence-electron chi connectivity index (χ4n) is 1.40. The van der Waals surface area contributed by atoms with Crippen LogP contribution in [0.15, 0.2) is 0 Å². The largest absolute Gasteiger partial charge is 0.480 e. The predicted octanol–water partition coefficient (Wildman–Crippen LogP) is -4.21. The molecule has 0 aliphatic heterocycles. The van der Waals surface area contributed by atoms with Gasteiger partial charge in [-0.2, -0.15) is 12.6 Å². The average molecular weight is 366 g/mol. The number of nitrogens with two attached hydrogens (primary N) is 1. The summed E-state index contributed by atoms with van der Waals surface area (Å²) in [5.41, 5.74) is 5.27. The third-order valence-electron chi connectivity index (χ3n) is 2.89. The van der Waals surface area contributed by atoms with Gasteiger partial charge in [-0.05, 0) is 6.92 Å². The number of carbonyl (C=O) groups is 4. The molecule has 24 heavy (non-hydrogen) atoms. The SMILES string of the molecule is CC(NC(=O)C(CS)NC(=O)C(CO)NC(=O)C(N)CO)C(=O)O. The summed E-state index contributed by atoms with van der Waals surface area (Å²) in [5, 5.41) is 33.1. The van der Waals surface area contributed by atoms with Crippen LogP contribution < -0.4 is 21.7 Å². The van der Waals surface area contributed by atoms with Crippen molar-refractivity contribution in [2.75, 3.05) is 19.0 Å². The third-order valence-corrected chi connectivity index (χ3v) is 3.26. The Hall–Kier alpha value is -1.89. The van der Waals surface area contributed by atoms with Gasteiger partial charge in [0.15, 0.2) is 0 Å². The summed E-state index contributed by atoms with van der Waals surface area (Å²) < 4.78 is 0. The number of hydrogen-bond acceptors (Lipinski definition) is 8. The topological polar surface area (TPSA) is 191 Å². The zero-order valence-corrected chi connectivity index (χ0v) is 13.8. The monoisotopic (exact) mass is 366 g/mol. The van der Waals surface area contributed by atoms with Gasteiger partial charge in [-0.25, -0.2) is 0 Å². The Balaban J connectivity index is 4.79. The highest BCUT2D eigenvalue weighted by Gasteiger charge is 2.28. The van der Waals surface area contributed by atoms with E-state index in [-0.39, 0.29) is 5.75 Å². The fourth-order valence-corrected chi connectivity index (χ4v) is 1.66. The van der Waals surface area contributed by atoms with E-state index in [0.29, 0.717) is 0 Å². The predicted molar refractivity (Wildman–Crippen MR) is 85.1 cm³/mol. The minimum Gasteiger partial charge on any atom is -0.480 e. The van der Waals surface area contributed by atoms with Crippen molar-refractivity contribution in [3.8, 4) is 0 Å². The van der Waals surface area contributed by atoms with Gasteiger partial charge in [-0.1, -0.05) is 0 Å². The second kappa shape index (κ2) is 10.8. The Kier molecular flexibility index (Phi) is 9.95. The van der Waals surface area contributed by atoms with Crippen molar-refractivity contribution in [3.05, 3.63) is 0 Å². The van der Waals surface area contributed by atoms with Gasteiger partial charge in [0.2, 0.25) is 17.7 Å². The smallest absolute Gasteiger partial charge is 0.325 e. The minimum atomic E-state index is -1.40. The van der Waals surface area contributed by atoms with Gasteiger partial charge in [0, 0.05) is 5.75 Å². The molecule has 0 heterocycles. The van der Waals surface area contributed by atoms with Gasteiger partial charge in [0.1, 0.15) is 24.2 Å². The van der Waals surface area contributed by atoms with Gasteiger partial charge in [0.25, 0.3) is 0 Å². The summed E-state index contributed by atoms with van der Waals surface area (Å²) in [4.78, 5) is 46.1. The van der Waals surface area contributed by atoms with Gasteiger partial charge in [0.05, 0.1) is 13.2 Å². The van der Waals surface area contributed by atoms with E-state index < -0.39 is 61.1 Å². The third kappa shape index (κ3) is 7.12. The first kappa shape index (κ1) is 22.1. The maximum Gasteiger partial charge on any atom is 0.325 e. The molecule has 0 radical (unpaired) electrons.